The van der Waals surface area contributed by atoms with Gasteiger partial charge < -0.3 is 14.6 Å². The van der Waals surface area contributed by atoms with Gasteiger partial charge in [-0.15, -0.1) is 0 Å². The van der Waals surface area contributed by atoms with Crippen molar-refractivity contribution < 1.29 is 0 Å². The van der Waals surface area contributed by atoms with Gasteiger partial charge in [-0.25, -0.2) is 0 Å². The van der Waals surface area contributed by atoms with Crippen LogP contribution in [-0.2, 0) is 0 Å². The molecule has 0 aromatic carbocycles. The van der Waals surface area contributed by atoms with Gasteiger partial charge in [-0.3, -0.25) is 0 Å². The highest BCUT2D eigenvalue weighted by Crippen LogP contribution is 2.07. The fraction of sp³-hybridized carbons (Fsp3) is 1.00. The van der Waals surface area contributed by atoms with Crippen molar-refractivity contribution in [1.82, 2.24) is 14.6 Å². The zero-order chi connectivity index (χ0) is 10.6. The van der Waals surface area contributed by atoms with E-state index in [9.17, 15) is 0 Å². The maximum Gasteiger partial charge on any atom is 0.290 e. The second-order valence-corrected chi connectivity index (χ2v) is 4.17. The highest BCUT2D eigenvalue weighted by Gasteiger charge is 2.33. The molecule has 1 heterocycles. The summed E-state index contributed by atoms with van der Waals surface area (Å²) in [7, 11) is 4.41. The lowest BCUT2D eigenvalue weighted by atomic mass is 9.52. The quantitative estimate of drug-likeness (QED) is 0.663. The molecule has 3 nitrogen and oxygen atoms in total. The molecule has 1 fully saturated rings. The molecule has 1 radical (unpaired) electrons. The maximum atomic E-state index is 3.62. The lowest BCUT2D eigenvalue weighted by Crippen LogP contribution is -2.69. The Balaban J connectivity index is 2.44. The third kappa shape index (κ3) is 3.04. The summed E-state index contributed by atoms with van der Waals surface area (Å²) in [5, 5.41) is 3.62. The van der Waals surface area contributed by atoms with E-state index in [1.54, 1.807) is 0 Å². The minimum Gasteiger partial charge on any atom is -0.371 e. The Bertz CT molecular complexity index is 152. The van der Waals surface area contributed by atoms with Crippen molar-refractivity contribution in [2.45, 2.75) is 39.8 Å². The molecule has 0 unspecified atom stereocenters. The maximum absolute atomic E-state index is 3.62. The highest BCUT2D eigenvalue weighted by molar-refractivity contribution is 6.80. The molecule has 1 rings (SSSR count). The molecule has 1 aliphatic heterocycles. The Morgan fingerprint density at radius 1 is 1.29 bits per heavy atom. The lowest BCUT2D eigenvalue weighted by Gasteiger charge is -2.40. The van der Waals surface area contributed by atoms with Crippen LogP contribution < -0.4 is 5.14 Å². The van der Waals surface area contributed by atoms with Gasteiger partial charge in [0.25, 0.3) is 21.5 Å². The van der Waals surface area contributed by atoms with E-state index in [1.165, 1.54) is 19.2 Å². The van der Waals surface area contributed by atoms with Crippen LogP contribution in [-0.4, -0.2) is 44.6 Å². The fourth-order valence-electron chi connectivity index (χ4n) is 1.98. The molecule has 1 saturated heterocycles. The van der Waals surface area contributed by atoms with Gasteiger partial charge in [0.1, 0.15) is 0 Å². The topological polar surface area (TPSA) is 18.5 Å². The molecule has 6 heteroatoms. The molecule has 14 heavy (non-hydrogen) atoms. The first-order valence-electron chi connectivity index (χ1n) is 5.77. The van der Waals surface area contributed by atoms with Crippen LogP contribution in [0.15, 0.2) is 0 Å². The molecule has 0 saturated carbocycles. The molecule has 1 aliphatic rings. The standard InChI is InChI=1S/C8H21B3N3/c1-5-7-11-12-10(3)14(8-6-2)9-13(11)4/h12H,5-8H2,1-4H3. The van der Waals surface area contributed by atoms with Crippen molar-refractivity contribution in [2.24, 2.45) is 0 Å². The largest absolute Gasteiger partial charge is 0.371 e. The molecular weight excluding hydrogens is 171 g/mol. The molecule has 0 aromatic rings. The molecule has 1 N–H and O–H groups in total. The molecule has 0 bridgehead atoms. The Hall–Kier alpha value is 0.0748. The SMILES string of the molecule is CCCB1NB(C)N(CCC)[B]N1C. The van der Waals surface area contributed by atoms with Crippen LogP contribution in [0, 0.1) is 0 Å². The van der Waals surface area contributed by atoms with Gasteiger partial charge >= 0.3 is 0 Å². The molecule has 0 amide bonds. The predicted octanol–water partition coefficient (Wildman–Crippen LogP) is 0.784. The zero-order valence-corrected chi connectivity index (χ0v) is 9.95. The molecule has 0 atom stereocenters. The summed E-state index contributed by atoms with van der Waals surface area (Å²) in [5.41, 5.74) is 0. The fourth-order valence-corrected chi connectivity index (χ4v) is 1.98. The van der Waals surface area contributed by atoms with E-state index in [0.29, 0.717) is 14.0 Å². The van der Waals surface area contributed by atoms with Gasteiger partial charge in [-0.05, 0) is 26.3 Å². The Labute approximate surface area is 90.1 Å². The average Bonchev–Trinajstić information content (AvgIpc) is 2.14. The summed E-state index contributed by atoms with van der Waals surface area (Å²) in [6.45, 7) is 8.82. The van der Waals surface area contributed by atoms with E-state index >= 15 is 0 Å². The number of hydrogen-bond donors (Lipinski definition) is 1. The van der Waals surface area contributed by atoms with Gasteiger partial charge in [0, 0.05) is 0 Å². The van der Waals surface area contributed by atoms with E-state index in [-0.39, 0.29) is 0 Å². The number of nitrogens with zero attached hydrogens (tertiary/aromatic N) is 2. The summed E-state index contributed by atoms with van der Waals surface area (Å²) in [6, 6.07) is 0. The zero-order valence-electron chi connectivity index (χ0n) is 9.95. The van der Waals surface area contributed by atoms with Crippen molar-refractivity contribution in [1.29, 1.82) is 0 Å². The van der Waals surface area contributed by atoms with E-state index in [2.05, 4.69) is 49.9 Å². The molecule has 0 aliphatic carbocycles. The van der Waals surface area contributed by atoms with Crippen molar-refractivity contribution in [2.75, 3.05) is 13.6 Å². The Kier molecular flexibility index (Phi) is 5.06. The number of hydrogen-bond acceptors (Lipinski definition) is 3. The second-order valence-electron chi connectivity index (χ2n) is 4.17. The minimum absolute atomic E-state index is 0.475. The Morgan fingerprint density at radius 2 is 2.00 bits per heavy atom. The van der Waals surface area contributed by atoms with E-state index in [1.807, 2.05) is 0 Å². The Morgan fingerprint density at radius 3 is 2.57 bits per heavy atom. The molecule has 77 valence electrons. The van der Waals surface area contributed by atoms with Gasteiger partial charge in [0.05, 0.1) is 0 Å². The number of nitrogens with one attached hydrogen (secondary N) is 1. The highest BCUT2D eigenvalue weighted by atomic mass is 15.2. The van der Waals surface area contributed by atoms with E-state index in [0.717, 1.165) is 6.54 Å². The smallest absolute Gasteiger partial charge is 0.290 e. The van der Waals surface area contributed by atoms with Gasteiger partial charge in [0.15, 0.2) is 0 Å². The van der Waals surface area contributed by atoms with Crippen molar-refractivity contribution in [3.8, 4) is 0 Å². The summed E-state index contributed by atoms with van der Waals surface area (Å²) in [5.74, 6) is 0. The van der Waals surface area contributed by atoms with Gasteiger partial charge in [-0.1, -0.05) is 27.1 Å². The second kappa shape index (κ2) is 5.84. The van der Waals surface area contributed by atoms with Crippen LogP contribution in [0.2, 0.25) is 13.1 Å². The van der Waals surface area contributed by atoms with Gasteiger partial charge in [0.2, 0.25) is 0 Å². The summed E-state index contributed by atoms with van der Waals surface area (Å²) in [6.07, 6.45) is 3.66. The summed E-state index contributed by atoms with van der Waals surface area (Å²) >= 11 is 0. The summed E-state index contributed by atoms with van der Waals surface area (Å²) < 4.78 is 4.66. The molecular formula is C8H21B3N3. The first kappa shape index (κ1) is 12.1. The molecule has 0 spiro atoms. The third-order valence-electron chi connectivity index (χ3n) is 2.80. The van der Waals surface area contributed by atoms with E-state index in [4.69, 9.17) is 0 Å². The lowest BCUT2D eigenvalue weighted by molar-refractivity contribution is 0.569. The van der Waals surface area contributed by atoms with E-state index < -0.39 is 0 Å². The third-order valence-corrected chi connectivity index (χ3v) is 2.80. The number of rotatable bonds is 4. The van der Waals surface area contributed by atoms with Crippen molar-refractivity contribution in [3.05, 3.63) is 0 Å². The molecule has 0 aromatic heterocycles. The monoisotopic (exact) mass is 192 g/mol. The summed E-state index contributed by atoms with van der Waals surface area (Å²) in [4.78, 5) is 0. The van der Waals surface area contributed by atoms with Crippen LogP contribution >= 0.6 is 0 Å². The normalized spacial score (nSPS) is 20.0. The van der Waals surface area contributed by atoms with Crippen LogP contribution in [0.4, 0.5) is 0 Å². The first-order valence-corrected chi connectivity index (χ1v) is 5.77. The van der Waals surface area contributed by atoms with Gasteiger partial charge in [-0.2, -0.15) is 0 Å². The van der Waals surface area contributed by atoms with Crippen molar-refractivity contribution in [3.63, 3.8) is 0 Å². The first-order chi connectivity index (χ1) is 6.69. The predicted molar refractivity (Wildman–Crippen MR) is 66.1 cm³/mol. The average molecular weight is 192 g/mol. The van der Waals surface area contributed by atoms with Crippen LogP contribution in [0.5, 0.6) is 0 Å². The van der Waals surface area contributed by atoms with Crippen LogP contribution in [0.3, 0.4) is 0 Å². The van der Waals surface area contributed by atoms with Crippen molar-refractivity contribution >= 4 is 21.5 Å². The van der Waals surface area contributed by atoms with Crippen LogP contribution in [0.25, 0.3) is 0 Å². The minimum atomic E-state index is 0.475. The van der Waals surface area contributed by atoms with Crippen LogP contribution in [0.1, 0.15) is 26.7 Å².